The highest BCUT2D eigenvalue weighted by Gasteiger charge is 2.10. The summed E-state index contributed by atoms with van der Waals surface area (Å²) in [5.74, 6) is 0.814. The molecule has 1 nitrogen and oxygen atoms in total. The molecule has 0 spiro atoms. The fourth-order valence-electron chi connectivity index (χ4n) is 1.42. The van der Waals surface area contributed by atoms with Crippen LogP contribution in [0.2, 0.25) is 0 Å². The molecule has 0 bridgehead atoms. The van der Waals surface area contributed by atoms with Crippen molar-refractivity contribution in [2.24, 2.45) is 5.92 Å². The first-order chi connectivity index (χ1) is 6.02. The van der Waals surface area contributed by atoms with Gasteiger partial charge in [-0.1, -0.05) is 33.3 Å². The molecule has 13 heavy (non-hydrogen) atoms. The lowest BCUT2D eigenvalue weighted by Gasteiger charge is -2.28. The molecular formula is C12H25N. The third kappa shape index (κ3) is 4.35. The lowest BCUT2D eigenvalue weighted by molar-refractivity contribution is 0.311. The average molecular weight is 183 g/mol. The predicted molar refractivity (Wildman–Crippen MR) is 60.7 cm³/mol. The van der Waals surface area contributed by atoms with Gasteiger partial charge >= 0.3 is 0 Å². The Bertz CT molecular complexity index is 145. The van der Waals surface area contributed by atoms with Crippen molar-refractivity contribution in [2.45, 2.75) is 53.0 Å². The Labute approximate surface area is 83.8 Å². The molecule has 0 aliphatic heterocycles. The molecule has 0 fully saturated rings. The Morgan fingerprint density at radius 3 is 2.00 bits per heavy atom. The largest absolute Gasteiger partial charge is 0.376 e. The normalized spacial score (nSPS) is 11.0. The zero-order chi connectivity index (χ0) is 10.4. The van der Waals surface area contributed by atoms with Crippen molar-refractivity contribution in [3.05, 3.63) is 12.3 Å². The molecule has 0 aromatic heterocycles. The van der Waals surface area contributed by atoms with E-state index in [9.17, 15) is 0 Å². The monoisotopic (exact) mass is 183 g/mol. The Morgan fingerprint density at radius 1 is 1.23 bits per heavy atom. The average Bonchev–Trinajstić information content (AvgIpc) is 2.12. The maximum absolute atomic E-state index is 4.14. The van der Waals surface area contributed by atoms with Crippen LogP contribution in [0.25, 0.3) is 0 Å². The van der Waals surface area contributed by atoms with E-state index in [1.807, 2.05) is 0 Å². The van der Waals surface area contributed by atoms with Crippen LogP contribution in [0.3, 0.4) is 0 Å². The number of allylic oxidation sites excluding steroid dienone is 1. The van der Waals surface area contributed by atoms with E-state index in [0.29, 0.717) is 6.04 Å². The highest BCUT2D eigenvalue weighted by atomic mass is 15.1. The number of nitrogens with zero attached hydrogens (tertiary/aromatic N) is 1. The van der Waals surface area contributed by atoms with Crippen LogP contribution < -0.4 is 0 Å². The standard InChI is InChI=1S/C12H25N/c1-7-12(8-2)9-11(5)13(6)10(3)4/h10,12H,5,7-9H2,1-4,6H3. The van der Waals surface area contributed by atoms with E-state index < -0.39 is 0 Å². The molecule has 0 heterocycles. The molecule has 0 N–H and O–H groups in total. The van der Waals surface area contributed by atoms with Gasteiger partial charge in [-0.05, 0) is 26.2 Å². The summed E-state index contributed by atoms with van der Waals surface area (Å²) in [5, 5.41) is 0. The quantitative estimate of drug-likeness (QED) is 0.607. The lowest BCUT2D eigenvalue weighted by atomic mass is 9.97. The summed E-state index contributed by atoms with van der Waals surface area (Å²) >= 11 is 0. The van der Waals surface area contributed by atoms with Crippen LogP contribution in [-0.2, 0) is 0 Å². The molecule has 0 aliphatic carbocycles. The molecular weight excluding hydrogens is 158 g/mol. The zero-order valence-electron chi connectivity index (χ0n) is 9.93. The molecule has 1 heteroatoms. The van der Waals surface area contributed by atoms with Gasteiger partial charge < -0.3 is 4.90 Å². The van der Waals surface area contributed by atoms with Gasteiger partial charge in [0.1, 0.15) is 0 Å². The number of hydrogen-bond acceptors (Lipinski definition) is 1. The summed E-state index contributed by atoms with van der Waals surface area (Å²) in [6.07, 6.45) is 3.69. The van der Waals surface area contributed by atoms with E-state index in [0.717, 1.165) is 12.3 Å². The second kappa shape index (κ2) is 6.06. The molecule has 78 valence electrons. The van der Waals surface area contributed by atoms with Crippen LogP contribution in [0.15, 0.2) is 12.3 Å². The van der Waals surface area contributed by atoms with Gasteiger partial charge in [-0.25, -0.2) is 0 Å². The van der Waals surface area contributed by atoms with E-state index >= 15 is 0 Å². The van der Waals surface area contributed by atoms with E-state index in [2.05, 4.69) is 46.2 Å². The summed E-state index contributed by atoms with van der Waals surface area (Å²) in [4.78, 5) is 2.28. The van der Waals surface area contributed by atoms with Gasteiger partial charge in [-0.3, -0.25) is 0 Å². The number of hydrogen-bond donors (Lipinski definition) is 0. The van der Waals surface area contributed by atoms with E-state index in [-0.39, 0.29) is 0 Å². The van der Waals surface area contributed by atoms with Crippen molar-refractivity contribution >= 4 is 0 Å². The minimum atomic E-state index is 0.571. The van der Waals surface area contributed by atoms with Crippen molar-refractivity contribution in [2.75, 3.05) is 7.05 Å². The smallest absolute Gasteiger partial charge is 0.0226 e. The van der Waals surface area contributed by atoms with Gasteiger partial charge in [0.15, 0.2) is 0 Å². The first kappa shape index (κ1) is 12.5. The maximum atomic E-state index is 4.14. The van der Waals surface area contributed by atoms with E-state index in [1.54, 1.807) is 0 Å². The van der Waals surface area contributed by atoms with Crippen molar-refractivity contribution in [3.63, 3.8) is 0 Å². The summed E-state index contributed by atoms with van der Waals surface area (Å²) in [7, 11) is 2.13. The lowest BCUT2D eigenvalue weighted by Crippen LogP contribution is -2.26. The van der Waals surface area contributed by atoms with Crippen molar-refractivity contribution in [1.29, 1.82) is 0 Å². The predicted octanol–water partition coefficient (Wildman–Crippen LogP) is 3.67. The van der Waals surface area contributed by atoms with Crippen molar-refractivity contribution < 1.29 is 0 Å². The summed E-state index contributed by atoms with van der Waals surface area (Å²) in [6.45, 7) is 13.1. The van der Waals surface area contributed by atoms with Crippen LogP contribution in [0.5, 0.6) is 0 Å². The van der Waals surface area contributed by atoms with Gasteiger partial charge in [-0.2, -0.15) is 0 Å². The summed E-state index contributed by atoms with van der Waals surface area (Å²) in [6, 6.07) is 0.571. The van der Waals surface area contributed by atoms with Crippen molar-refractivity contribution in [1.82, 2.24) is 4.90 Å². The van der Waals surface area contributed by atoms with Gasteiger partial charge in [0, 0.05) is 18.8 Å². The van der Waals surface area contributed by atoms with Crippen LogP contribution in [0.4, 0.5) is 0 Å². The van der Waals surface area contributed by atoms with Gasteiger partial charge in [0.2, 0.25) is 0 Å². The molecule has 0 saturated carbocycles. The summed E-state index contributed by atoms with van der Waals surface area (Å²) in [5.41, 5.74) is 1.28. The fraction of sp³-hybridized carbons (Fsp3) is 0.833. The Morgan fingerprint density at radius 2 is 1.69 bits per heavy atom. The third-order valence-electron chi connectivity index (χ3n) is 2.95. The van der Waals surface area contributed by atoms with Gasteiger partial charge in [-0.15, -0.1) is 0 Å². The maximum Gasteiger partial charge on any atom is 0.0226 e. The molecule has 0 saturated heterocycles. The molecule has 0 aliphatic rings. The van der Waals surface area contributed by atoms with Crippen LogP contribution in [0.1, 0.15) is 47.0 Å². The molecule has 0 aromatic rings. The fourth-order valence-corrected chi connectivity index (χ4v) is 1.42. The first-order valence-electron chi connectivity index (χ1n) is 5.43. The van der Waals surface area contributed by atoms with Crippen LogP contribution in [0, 0.1) is 5.92 Å². The minimum absolute atomic E-state index is 0.571. The molecule has 0 atom stereocenters. The second-order valence-electron chi connectivity index (χ2n) is 4.16. The van der Waals surface area contributed by atoms with Crippen LogP contribution in [-0.4, -0.2) is 18.0 Å². The SMILES string of the molecule is C=C(CC(CC)CC)N(C)C(C)C. The second-order valence-corrected chi connectivity index (χ2v) is 4.16. The third-order valence-corrected chi connectivity index (χ3v) is 2.95. The minimum Gasteiger partial charge on any atom is -0.376 e. The Hall–Kier alpha value is -0.460. The highest BCUT2D eigenvalue weighted by Crippen LogP contribution is 2.20. The van der Waals surface area contributed by atoms with E-state index in [4.69, 9.17) is 0 Å². The van der Waals surface area contributed by atoms with Gasteiger partial charge in [0.05, 0.1) is 0 Å². The van der Waals surface area contributed by atoms with Crippen molar-refractivity contribution in [3.8, 4) is 0 Å². The highest BCUT2D eigenvalue weighted by molar-refractivity contribution is 4.95. The zero-order valence-corrected chi connectivity index (χ0v) is 9.93. The first-order valence-corrected chi connectivity index (χ1v) is 5.43. The molecule has 0 radical (unpaired) electrons. The molecule has 0 aromatic carbocycles. The Kier molecular flexibility index (Phi) is 5.85. The molecule has 0 rings (SSSR count). The summed E-state index contributed by atoms with van der Waals surface area (Å²) < 4.78 is 0. The molecule has 0 amide bonds. The molecule has 0 unspecified atom stereocenters. The topological polar surface area (TPSA) is 3.24 Å². The van der Waals surface area contributed by atoms with Gasteiger partial charge in [0.25, 0.3) is 0 Å². The Balaban J connectivity index is 3.98. The van der Waals surface area contributed by atoms with Crippen LogP contribution >= 0.6 is 0 Å². The number of rotatable bonds is 6. The van der Waals surface area contributed by atoms with E-state index in [1.165, 1.54) is 18.5 Å².